The molecule has 1 amide bonds. The quantitative estimate of drug-likeness (QED) is 0.785. The van der Waals surface area contributed by atoms with Crippen LogP contribution in [0.1, 0.15) is 37.0 Å². The van der Waals surface area contributed by atoms with Crippen molar-refractivity contribution < 1.29 is 9.53 Å². The summed E-state index contributed by atoms with van der Waals surface area (Å²) >= 11 is 0. The molecule has 0 aliphatic heterocycles. The first-order valence-electron chi connectivity index (χ1n) is 6.44. The standard InChI is InChI=1S/C14H20N2O2/c1-3-18-13-7-11(6-12(15)8-13)14(17)16-9(2)10-4-5-10/h6-10H,3-5,15H2,1-2H3,(H,16,17). The Balaban J connectivity index is 2.08. The Bertz CT molecular complexity index is 441. The summed E-state index contributed by atoms with van der Waals surface area (Å²) in [5.74, 6) is 1.20. The number of benzene rings is 1. The van der Waals surface area contributed by atoms with Crippen molar-refractivity contribution in [3.8, 4) is 5.75 Å². The topological polar surface area (TPSA) is 64.3 Å². The van der Waals surface area contributed by atoms with Gasteiger partial charge in [0.05, 0.1) is 6.61 Å². The lowest BCUT2D eigenvalue weighted by molar-refractivity contribution is 0.0935. The SMILES string of the molecule is CCOc1cc(N)cc(C(=O)NC(C)C2CC2)c1. The van der Waals surface area contributed by atoms with Gasteiger partial charge in [-0.15, -0.1) is 0 Å². The van der Waals surface area contributed by atoms with E-state index in [2.05, 4.69) is 5.32 Å². The van der Waals surface area contributed by atoms with Crippen LogP contribution in [0.3, 0.4) is 0 Å². The smallest absolute Gasteiger partial charge is 0.251 e. The summed E-state index contributed by atoms with van der Waals surface area (Å²) in [6.45, 7) is 4.51. The van der Waals surface area contributed by atoms with Crippen LogP contribution in [0.2, 0.25) is 0 Å². The van der Waals surface area contributed by atoms with Crippen molar-refractivity contribution in [1.82, 2.24) is 5.32 Å². The minimum atomic E-state index is -0.0809. The maximum absolute atomic E-state index is 12.1. The average Bonchev–Trinajstić information content (AvgIpc) is 3.12. The van der Waals surface area contributed by atoms with E-state index < -0.39 is 0 Å². The number of hydrogen-bond acceptors (Lipinski definition) is 3. The molecule has 1 saturated carbocycles. The van der Waals surface area contributed by atoms with E-state index in [1.54, 1.807) is 18.2 Å². The third kappa shape index (κ3) is 3.15. The summed E-state index contributed by atoms with van der Waals surface area (Å²) in [5.41, 5.74) is 6.88. The summed E-state index contributed by atoms with van der Waals surface area (Å²) in [5, 5.41) is 3.00. The first-order valence-corrected chi connectivity index (χ1v) is 6.44. The van der Waals surface area contributed by atoms with E-state index in [0.717, 1.165) is 0 Å². The second-order valence-corrected chi connectivity index (χ2v) is 4.82. The van der Waals surface area contributed by atoms with Crippen molar-refractivity contribution in [3.05, 3.63) is 23.8 Å². The number of carbonyl (C=O) groups excluding carboxylic acids is 1. The van der Waals surface area contributed by atoms with E-state index in [9.17, 15) is 4.79 Å². The van der Waals surface area contributed by atoms with Gasteiger partial charge in [-0.3, -0.25) is 4.79 Å². The van der Waals surface area contributed by atoms with Gasteiger partial charge in [0, 0.05) is 23.4 Å². The van der Waals surface area contributed by atoms with E-state index in [1.165, 1.54) is 12.8 Å². The lowest BCUT2D eigenvalue weighted by atomic mass is 10.1. The Kier molecular flexibility index (Phi) is 3.75. The molecule has 3 N–H and O–H groups in total. The van der Waals surface area contributed by atoms with Gasteiger partial charge in [-0.1, -0.05) is 0 Å². The molecule has 0 spiro atoms. The molecule has 0 bridgehead atoms. The zero-order valence-electron chi connectivity index (χ0n) is 10.9. The van der Waals surface area contributed by atoms with Crippen LogP contribution in [0.25, 0.3) is 0 Å². The number of carbonyl (C=O) groups is 1. The Labute approximate surface area is 108 Å². The molecule has 4 nitrogen and oxygen atoms in total. The van der Waals surface area contributed by atoms with Crippen molar-refractivity contribution in [2.24, 2.45) is 5.92 Å². The van der Waals surface area contributed by atoms with Crippen LogP contribution in [-0.2, 0) is 0 Å². The van der Waals surface area contributed by atoms with Crippen LogP contribution in [0, 0.1) is 5.92 Å². The van der Waals surface area contributed by atoms with Gasteiger partial charge >= 0.3 is 0 Å². The van der Waals surface area contributed by atoms with Gasteiger partial charge in [-0.25, -0.2) is 0 Å². The minimum Gasteiger partial charge on any atom is -0.494 e. The second kappa shape index (κ2) is 5.29. The van der Waals surface area contributed by atoms with E-state index >= 15 is 0 Å². The molecular weight excluding hydrogens is 228 g/mol. The maximum Gasteiger partial charge on any atom is 0.251 e. The number of nitrogens with two attached hydrogens (primary N) is 1. The van der Waals surface area contributed by atoms with Crippen LogP contribution in [0.5, 0.6) is 5.75 Å². The molecule has 1 aromatic rings. The first-order chi connectivity index (χ1) is 8.60. The van der Waals surface area contributed by atoms with Crippen molar-refractivity contribution in [3.63, 3.8) is 0 Å². The van der Waals surface area contributed by atoms with Crippen molar-refractivity contribution >= 4 is 11.6 Å². The minimum absolute atomic E-state index is 0.0809. The molecule has 1 atom stereocenters. The molecular formula is C14H20N2O2. The molecule has 1 aromatic carbocycles. The number of amides is 1. The van der Waals surface area contributed by atoms with Crippen LogP contribution < -0.4 is 15.8 Å². The lowest BCUT2D eigenvalue weighted by Crippen LogP contribution is -2.34. The van der Waals surface area contributed by atoms with Crippen molar-refractivity contribution in [1.29, 1.82) is 0 Å². The third-order valence-electron chi connectivity index (χ3n) is 3.19. The predicted octanol–water partition coefficient (Wildman–Crippen LogP) is 2.20. The summed E-state index contributed by atoms with van der Waals surface area (Å²) in [6.07, 6.45) is 2.42. The van der Waals surface area contributed by atoms with Crippen LogP contribution in [-0.4, -0.2) is 18.6 Å². The molecule has 0 saturated heterocycles. The number of rotatable bonds is 5. The molecule has 1 fully saturated rings. The van der Waals surface area contributed by atoms with Gasteiger partial charge in [0.25, 0.3) is 5.91 Å². The molecule has 98 valence electrons. The van der Waals surface area contributed by atoms with Gasteiger partial charge < -0.3 is 15.8 Å². The molecule has 0 heterocycles. The Morgan fingerprint density at radius 2 is 2.22 bits per heavy atom. The monoisotopic (exact) mass is 248 g/mol. The largest absolute Gasteiger partial charge is 0.494 e. The number of ether oxygens (including phenoxy) is 1. The highest BCUT2D eigenvalue weighted by atomic mass is 16.5. The molecule has 18 heavy (non-hydrogen) atoms. The summed E-state index contributed by atoms with van der Waals surface area (Å²) in [7, 11) is 0. The maximum atomic E-state index is 12.1. The highest BCUT2D eigenvalue weighted by molar-refractivity contribution is 5.95. The Morgan fingerprint density at radius 1 is 1.50 bits per heavy atom. The fourth-order valence-corrected chi connectivity index (χ4v) is 2.01. The predicted molar refractivity (Wildman–Crippen MR) is 71.7 cm³/mol. The van der Waals surface area contributed by atoms with Gasteiger partial charge in [0.2, 0.25) is 0 Å². The highest BCUT2D eigenvalue weighted by Gasteiger charge is 2.29. The Hall–Kier alpha value is -1.71. The number of hydrogen-bond donors (Lipinski definition) is 2. The molecule has 0 radical (unpaired) electrons. The molecule has 4 heteroatoms. The highest BCUT2D eigenvalue weighted by Crippen LogP contribution is 2.32. The Morgan fingerprint density at radius 3 is 2.83 bits per heavy atom. The van der Waals surface area contributed by atoms with Gasteiger partial charge in [-0.05, 0) is 44.7 Å². The van der Waals surface area contributed by atoms with E-state index in [-0.39, 0.29) is 11.9 Å². The van der Waals surface area contributed by atoms with E-state index in [4.69, 9.17) is 10.5 Å². The summed E-state index contributed by atoms with van der Waals surface area (Å²) in [4.78, 5) is 12.1. The number of nitrogens with one attached hydrogen (secondary N) is 1. The summed E-state index contributed by atoms with van der Waals surface area (Å²) in [6, 6.07) is 5.37. The summed E-state index contributed by atoms with van der Waals surface area (Å²) < 4.78 is 5.38. The average molecular weight is 248 g/mol. The number of nitrogen functional groups attached to an aromatic ring is 1. The van der Waals surface area contributed by atoms with Gasteiger partial charge in [0.1, 0.15) is 5.75 Å². The van der Waals surface area contributed by atoms with Crippen LogP contribution in [0.15, 0.2) is 18.2 Å². The van der Waals surface area contributed by atoms with E-state index in [1.807, 2.05) is 13.8 Å². The third-order valence-corrected chi connectivity index (χ3v) is 3.19. The van der Waals surface area contributed by atoms with Crippen LogP contribution >= 0.6 is 0 Å². The van der Waals surface area contributed by atoms with Gasteiger partial charge in [0.15, 0.2) is 0 Å². The fourth-order valence-electron chi connectivity index (χ4n) is 2.01. The normalized spacial score (nSPS) is 16.1. The lowest BCUT2D eigenvalue weighted by Gasteiger charge is -2.14. The fraction of sp³-hybridized carbons (Fsp3) is 0.500. The number of anilines is 1. The molecule has 1 aliphatic carbocycles. The zero-order valence-corrected chi connectivity index (χ0v) is 10.9. The second-order valence-electron chi connectivity index (χ2n) is 4.82. The van der Waals surface area contributed by atoms with Gasteiger partial charge in [-0.2, -0.15) is 0 Å². The van der Waals surface area contributed by atoms with Crippen molar-refractivity contribution in [2.75, 3.05) is 12.3 Å². The molecule has 0 aromatic heterocycles. The van der Waals surface area contributed by atoms with Crippen LogP contribution in [0.4, 0.5) is 5.69 Å². The molecule has 1 aliphatic rings. The molecule has 1 unspecified atom stereocenters. The molecule has 2 rings (SSSR count). The zero-order chi connectivity index (χ0) is 13.1. The van der Waals surface area contributed by atoms with Crippen molar-refractivity contribution in [2.45, 2.75) is 32.7 Å². The van der Waals surface area contributed by atoms with E-state index in [0.29, 0.717) is 29.5 Å². The first kappa shape index (κ1) is 12.7.